The van der Waals surface area contributed by atoms with Crippen molar-refractivity contribution in [3.8, 4) is 11.5 Å². The molecule has 0 aliphatic carbocycles. The van der Waals surface area contributed by atoms with Crippen molar-refractivity contribution in [2.24, 2.45) is 0 Å². The van der Waals surface area contributed by atoms with Gasteiger partial charge >= 0.3 is 0 Å². The van der Waals surface area contributed by atoms with Crippen LogP contribution in [0.25, 0.3) is 10.9 Å². The second kappa shape index (κ2) is 7.46. The van der Waals surface area contributed by atoms with Crippen LogP contribution in [0, 0.1) is 12.7 Å². The molecule has 3 aromatic rings. The second-order valence-corrected chi connectivity index (χ2v) is 6.73. The van der Waals surface area contributed by atoms with Gasteiger partial charge in [-0.2, -0.15) is 0 Å². The summed E-state index contributed by atoms with van der Waals surface area (Å²) in [5, 5.41) is 0.644. The van der Waals surface area contributed by atoms with E-state index >= 15 is 0 Å². The van der Waals surface area contributed by atoms with Crippen LogP contribution in [0.5, 0.6) is 11.5 Å². The molecule has 0 spiro atoms. The van der Waals surface area contributed by atoms with Gasteiger partial charge < -0.3 is 14.4 Å². The van der Waals surface area contributed by atoms with Crippen molar-refractivity contribution in [2.75, 3.05) is 19.8 Å². The Hall–Kier alpha value is -3.15. The molecule has 1 aliphatic rings. The van der Waals surface area contributed by atoms with Crippen LogP contribution in [-0.4, -0.2) is 35.5 Å². The maximum Gasteiger partial charge on any atom is 0.254 e. The molecule has 5 nitrogen and oxygen atoms in total. The maximum absolute atomic E-state index is 13.6. The van der Waals surface area contributed by atoms with Gasteiger partial charge in [-0.25, -0.2) is 4.39 Å². The Balaban J connectivity index is 1.70. The van der Waals surface area contributed by atoms with E-state index in [1.807, 2.05) is 25.1 Å². The topological polar surface area (TPSA) is 51.7 Å². The molecule has 0 atom stereocenters. The molecule has 0 saturated heterocycles. The zero-order valence-corrected chi connectivity index (χ0v) is 15.9. The van der Waals surface area contributed by atoms with Crippen LogP contribution in [0.2, 0.25) is 0 Å². The van der Waals surface area contributed by atoms with Crippen LogP contribution in [0.3, 0.4) is 0 Å². The Morgan fingerprint density at radius 3 is 2.82 bits per heavy atom. The highest BCUT2D eigenvalue weighted by atomic mass is 19.1. The minimum absolute atomic E-state index is 0.126. The van der Waals surface area contributed by atoms with Gasteiger partial charge in [0.25, 0.3) is 5.91 Å². The molecule has 0 N–H and O–H groups in total. The fourth-order valence-electron chi connectivity index (χ4n) is 3.47. The zero-order chi connectivity index (χ0) is 19.7. The molecule has 0 unspecified atom stereocenters. The summed E-state index contributed by atoms with van der Waals surface area (Å²) < 4.78 is 25.0. The number of pyridine rings is 1. The SMILES string of the molecule is CCN(Cc1cccc2c1OCCO2)C(=O)c1cc(C)nc2cc(F)ccc12. The summed E-state index contributed by atoms with van der Waals surface area (Å²) in [7, 11) is 0. The minimum atomic E-state index is -0.371. The molecule has 144 valence electrons. The van der Waals surface area contributed by atoms with Gasteiger partial charge in [0.1, 0.15) is 19.0 Å². The molecule has 0 bridgehead atoms. The van der Waals surface area contributed by atoms with Crippen LogP contribution in [0.4, 0.5) is 4.39 Å². The quantitative estimate of drug-likeness (QED) is 0.683. The van der Waals surface area contributed by atoms with Crippen molar-refractivity contribution in [3.63, 3.8) is 0 Å². The predicted molar refractivity (Wildman–Crippen MR) is 104 cm³/mol. The first-order chi connectivity index (χ1) is 13.6. The highest BCUT2D eigenvalue weighted by Crippen LogP contribution is 2.34. The number of aryl methyl sites for hydroxylation is 1. The van der Waals surface area contributed by atoms with E-state index in [9.17, 15) is 9.18 Å². The number of fused-ring (bicyclic) bond motifs is 2. The zero-order valence-electron chi connectivity index (χ0n) is 15.9. The third-order valence-electron chi connectivity index (χ3n) is 4.81. The maximum atomic E-state index is 13.6. The standard InChI is InChI=1S/C22H21FN2O3/c1-3-25(13-15-5-4-6-20-21(15)28-10-9-27-20)22(26)18-11-14(2)24-19-12-16(23)7-8-17(18)19/h4-8,11-12H,3,9-10,13H2,1-2H3. The smallest absolute Gasteiger partial charge is 0.254 e. The molecule has 1 amide bonds. The van der Waals surface area contributed by atoms with Gasteiger partial charge in [-0.3, -0.25) is 9.78 Å². The van der Waals surface area contributed by atoms with Crippen LogP contribution in [0.1, 0.15) is 28.5 Å². The Morgan fingerprint density at radius 1 is 1.18 bits per heavy atom. The van der Waals surface area contributed by atoms with Gasteiger partial charge in [0.2, 0.25) is 0 Å². The first kappa shape index (κ1) is 18.2. The average Bonchev–Trinajstić information content (AvgIpc) is 2.70. The number of aromatic nitrogens is 1. The number of rotatable bonds is 4. The van der Waals surface area contributed by atoms with Gasteiger partial charge in [0, 0.05) is 35.8 Å². The van der Waals surface area contributed by atoms with Crippen molar-refractivity contribution < 1.29 is 18.7 Å². The summed E-state index contributed by atoms with van der Waals surface area (Å²) in [6.45, 7) is 5.66. The van der Waals surface area contributed by atoms with Gasteiger partial charge in [0.05, 0.1) is 11.1 Å². The number of para-hydroxylation sites is 1. The summed E-state index contributed by atoms with van der Waals surface area (Å²) in [6.07, 6.45) is 0. The molecule has 2 aromatic carbocycles. The molecule has 0 saturated carbocycles. The van der Waals surface area contributed by atoms with E-state index in [4.69, 9.17) is 9.47 Å². The van der Waals surface area contributed by atoms with Crippen molar-refractivity contribution in [1.82, 2.24) is 9.88 Å². The second-order valence-electron chi connectivity index (χ2n) is 6.73. The summed E-state index contributed by atoms with van der Waals surface area (Å²) in [5.74, 6) is 0.897. The highest BCUT2D eigenvalue weighted by Gasteiger charge is 2.22. The predicted octanol–water partition coefficient (Wildman–Crippen LogP) is 4.12. The molecule has 1 aliphatic heterocycles. The number of hydrogen-bond donors (Lipinski definition) is 0. The lowest BCUT2D eigenvalue weighted by molar-refractivity contribution is 0.0751. The largest absolute Gasteiger partial charge is 0.486 e. The third kappa shape index (κ3) is 3.38. The Morgan fingerprint density at radius 2 is 2.00 bits per heavy atom. The first-order valence-electron chi connectivity index (χ1n) is 9.30. The minimum Gasteiger partial charge on any atom is -0.486 e. The molecule has 2 heterocycles. The molecule has 4 rings (SSSR count). The van der Waals surface area contributed by atoms with Crippen molar-refractivity contribution in [2.45, 2.75) is 20.4 Å². The number of amides is 1. The summed E-state index contributed by atoms with van der Waals surface area (Å²) in [4.78, 5) is 19.4. The van der Waals surface area contributed by atoms with Crippen LogP contribution in [0.15, 0.2) is 42.5 Å². The third-order valence-corrected chi connectivity index (χ3v) is 4.81. The van der Waals surface area contributed by atoms with E-state index in [0.29, 0.717) is 60.0 Å². The number of nitrogens with zero attached hydrogens (tertiary/aromatic N) is 2. The van der Waals surface area contributed by atoms with E-state index in [0.717, 1.165) is 5.56 Å². The van der Waals surface area contributed by atoms with Crippen molar-refractivity contribution >= 4 is 16.8 Å². The summed E-state index contributed by atoms with van der Waals surface area (Å²) >= 11 is 0. The van der Waals surface area contributed by atoms with Crippen molar-refractivity contribution in [3.05, 3.63) is 65.1 Å². The van der Waals surface area contributed by atoms with E-state index in [2.05, 4.69) is 4.98 Å². The van der Waals surface area contributed by atoms with E-state index in [1.54, 1.807) is 24.0 Å². The molecular formula is C22H21FN2O3. The lowest BCUT2D eigenvalue weighted by Crippen LogP contribution is -2.31. The molecule has 0 radical (unpaired) electrons. The normalized spacial score (nSPS) is 12.8. The lowest BCUT2D eigenvalue weighted by atomic mass is 10.1. The van der Waals surface area contributed by atoms with Crippen LogP contribution in [-0.2, 0) is 6.54 Å². The lowest BCUT2D eigenvalue weighted by Gasteiger charge is -2.26. The van der Waals surface area contributed by atoms with E-state index < -0.39 is 0 Å². The van der Waals surface area contributed by atoms with Gasteiger partial charge in [-0.1, -0.05) is 12.1 Å². The van der Waals surface area contributed by atoms with Crippen LogP contribution < -0.4 is 9.47 Å². The Bertz CT molecular complexity index is 1050. The fourth-order valence-corrected chi connectivity index (χ4v) is 3.47. The molecule has 1 aromatic heterocycles. The van der Waals surface area contributed by atoms with E-state index in [1.165, 1.54) is 12.1 Å². The summed E-state index contributed by atoms with van der Waals surface area (Å²) in [5.41, 5.74) is 2.57. The number of ether oxygens (including phenoxy) is 2. The Labute approximate surface area is 162 Å². The number of halogens is 1. The fraction of sp³-hybridized carbons (Fsp3) is 0.273. The number of carbonyl (C=O) groups excluding carboxylic acids is 1. The number of carbonyl (C=O) groups is 1. The molecule has 0 fully saturated rings. The highest BCUT2D eigenvalue weighted by molar-refractivity contribution is 6.06. The number of benzene rings is 2. The van der Waals surface area contributed by atoms with Gasteiger partial charge in [-0.15, -0.1) is 0 Å². The number of hydrogen-bond acceptors (Lipinski definition) is 4. The molecule has 28 heavy (non-hydrogen) atoms. The van der Waals surface area contributed by atoms with Crippen molar-refractivity contribution in [1.29, 1.82) is 0 Å². The molecular weight excluding hydrogens is 359 g/mol. The average molecular weight is 380 g/mol. The monoisotopic (exact) mass is 380 g/mol. The summed E-state index contributed by atoms with van der Waals surface area (Å²) in [6, 6.07) is 11.8. The molecule has 6 heteroatoms. The Kier molecular flexibility index (Phi) is 4.86. The van der Waals surface area contributed by atoms with Crippen LogP contribution >= 0.6 is 0 Å². The first-order valence-corrected chi connectivity index (χ1v) is 9.30. The van der Waals surface area contributed by atoms with Gasteiger partial charge in [0.15, 0.2) is 11.5 Å². The van der Waals surface area contributed by atoms with Gasteiger partial charge in [-0.05, 0) is 38.1 Å². The van der Waals surface area contributed by atoms with E-state index in [-0.39, 0.29) is 11.7 Å².